The van der Waals surface area contributed by atoms with E-state index in [2.05, 4.69) is 21.2 Å². The summed E-state index contributed by atoms with van der Waals surface area (Å²) < 4.78 is 5.98. The molecule has 26 heavy (non-hydrogen) atoms. The molecule has 1 fully saturated rings. The molecule has 2 rings (SSSR count). The maximum absolute atomic E-state index is 12.5. The van der Waals surface area contributed by atoms with Crippen molar-refractivity contribution in [1.29, 1.82) is 0 Å². The third kappa shape index (κ3) is 5.10. The summed E-state index contributed by atoms with van der Waals surface area (Å²) in [5.41, 5.74) is -0.146. The highest BCUT2D eigenvalue weighted by Crippen LogP contribution is 2.22. The number of anilines is 1. The van der Waals surface area contributed by atoms with Gasteiger partial charge in [0.2, 0.25) is 0 Å². The van der Waals surface area contributed by atoms with Crippen molar-refractivity contribution in [1.82, 2.24) is 9.80 Å². The highest BCUT2D eigenvalue weighted by Gasteiger charge is 2.39. The highest BCUT2D eigenvalue weighted by atomic mass is 79.9. The zero-order valence-electron chi connectivity index (χ0n) is 14.9. The number of hydrogen-bond donors (Lipinski definition) is 2. The van der Waals surface area contributed by atoms with Gasteiger partial charge in [-0.05, 0) is 48.8 Å². The van der Waals surface area contributed by atoms with Crippen molar-refractivity contribution in [3.05, 3.63) is 28.7 Å². The number of para-hydroxylation sites is 1. The number of hydrogen-bond acceptors (Lipinski definition) is 4. The number of piperazine rings is 1. The number of nitrogens with zero attached hydrogens (tertiary/aromatic N) is 2. The lowest BCUT2D eigenvalue weighted by molar-refractivity contribution is -0.144. The average Bonchev–Trinajstić information content (AvgIpc) is 2.54. The van der Waals surface area contributed by atoms with E-state index in [4.69, 9.17) is 4.74 Å². The average molecular weight is 428 g/mol. The number of carbonyl (C=O) groups excluding carboxylic acids is 2. The SMILES string of the molecule is CC(C)(C)OC(=O)N1CCN(C(=O)Nc2ccccc2Br)CC1C(=O)O. The van der Waals surface area contributed by atoms with Gasteiger partial charge >= 0.3 is 18.1 Å². The van der Waals surface area contributed by atoms with Crippen molar-refractivity contribution >= 4 is 39.7 Å². The standard InChI is InChI=1S/C17H22BrN3O5/c1-17(2,3)26-16(25)21-9-8-20(10-13(21)14(22)23)15(24)19-12-7-5-4-6-11(12)18/h4-7,13H,8-10H2,1-3H3,(H,19,24)(H,22,23). The molecule has 1 heterocycles. The van der Waals surface area contributed by atoms with Crippen LogP contribution in [-0.2, 0) is 9.53 Å². The second kappa shape index (κ2) is 7.94. The number of urea groups is 1. The highest BCUT2D eigenvalue weighted by molar-refractivity contribution is 9.10. The van der Waals surface area contributed by atoms with E-state index >= 15 is 0 Å². The molecule has 0 aromatic heterocycles. The molecule has 1 unspecified atom stereocenters. The first-order valence-corrected chi connectivity index (χ1v) is 8.90. The quantitative estimate of drug-likeness (QED) is 0.755. The lowest BCUT2D eigenvalue weighted by atomic mass is 10.1. The van der Waals surface area contributed by atoms with Crippen LogP contribution in [0.3, 0.4) is 0 Å². The van der Waals surface area contributed by atoms with Gasteiger partial charge in [-0.2, -0.15) is 0 Å². The Labute approximate surface area is 160 Å². The molecule has 0 radical (unpaired) electrons. The van der Waals surface area contributed by atoms with Crippen molar-refractivity contribution in [2.45, 2.75) is 32.4 Å². The zero-order valence-corrected chi connectivity index (χ0v) is 16.4. The summed E-state index contributed by atoms with van der Waals surface area (Å²) in [7, 11) is 0. The fraction of sp³-hybridized carbons (Fsp3) is 0.471. The van der Waals surface area contributed by atoms with E-state index in [1.165, 1.54) is 4.90 Å². The summed E-state index contributed by atoms with van der Waals surface area (Å²) >= 11 is 3.34. The predicted octanol–water partition coefficient (Wildman–Crippen LogP) is 2.99. The van der Waals surface area contributed by atoms with Gasteiger partial charge in [0, 0.05) is 17.6 Å². The minimum Gasteiger partial charge on any atom is -0.480 e. The molecule has 1 aromatic rings. The number of amides is 3. The first kappa shape index (κ1) is 20.0. The molecule has 9 heteroatoms. The summed E-state index contributed by atoms with van der Waals surface area (Å²) in [6, 6.07) is 5.53. The first-order chi connectivity index (χ1) is 12.1. The Hall–Kier alpha value is -2.29. The van der Waals surface area contributed by atoms with E-state index in [0.717, 1.165) is 9.37 Å². The number of carbonyl (C=O) groups is 3. The predicted molar refractivity (Wildman–Crippen MR) is 99.1 cm³/mol. The second-order valence-electron chi connectivity index (χ2n) is 6.88. The third-order valence-corrected chi connectivity index (χ3v) is 4.39. The molecule has 1 saturated heterocycles. The smallest absolute Gasteiger partial charge is 0.411 e. The van der Waals surface area contributed by atoms with Crippen molar-refractivity contribution < 1.29 is 24.2 Å². The molecule has 2 N–H and O–H groups in total. The Morgan fingerprint density at radius 1 is 1.23 bits per heavy atom. The number of carboxylic acid groups (broad SMARTS) is 1. The van der Waals surface area contributed by atoms with Crippen molar-refractivity contribution in [2.75, 3.05) is 25.0 Å². The molecule has 1 aromatic carbocycles. The summed E-state index contributed by atoms with van der Waals surface area (Å²) in [5, 5.41) is 12.2. The van der Waals surface area contributed by atoms with E-state index < -0.39 is 29.7 Å². The van der Waals surface area contributed by atoms with Crippen LogP contribution in [0, 0.1) is 0 Å². The van der Waals surface area contributed by atoms with Crippen molar-refractivity contribution in [3.63, 3.8) is 0 Å². The maximum atomic E-state index is 12.5. The Balaban J connectivity index is 2.07. The van der Waals surface area contributed by atoms with Crippen LogP contribution in [0.25, 0.3) is 0 Å². The van der Waals surface area contributed by atoms with Crippen LogP contribution in [0.15, 0.2) is 28.7 Å². The van der Waals surface area contributed by atoms with E-state index in [9.17, 15) is 19.5 Å². The summed E-state index contributed by atoms with van der Waals surface area (Å²) in [6.07, 6.45) is -0.698. The van der Waals surface area contributed by atoms with Gasteiger partial charge in [0.1, 0.15) is 5.60 Å². The van der Waals surface area contributed by atoms with Crippen molar-refractivity contribution in [2.24, 2.45) is 0 Å². The minimum absolute atomic E-state index is 0.0786. The van der Waals surface area contributed by atoms with Gasteiger partial charge in [0.15, 0.2) is 6.04 Å². The third-order valence-electron chi connectivity index (χ3n) is 3.70. The van der Waals surface area contributed by atoms with Gasteiger partial charge < -0.3 is 20.1 Å². The first-order valence-electron chi connectivity index (χ1n) is 8.11. The molecule has 1 atom stereocenters. The van der Waals surface area contributed by atoms with Crippen LogP contribution in [0.5, 0.6) is 0 Å². The molecule has 0 aliphatic carbocycles. The molecular formula is C17H22BrN3O5. The molecule has 0 saturated carbocycles. The number of nitrogens with one attached hydrogen (secondary N) is 1. The van der Waals surface area contributed by atoms with Crippen LogP contribution < -0.4 is 5.32 Å². The largest absolute Gasteiger partial charge is 0.480 e. The topological polar surface area (TPSA) is 99.2 Å². The molecule has 8 nitrogen and oxygen atoms in total. The molecule has 1 aliphatic heterocycles. The normalized spacial score (nSPS) is 17.6. The number of ether oxygens (including phenoxy) is 1. The van der Waals surface area contributed by atoms with Crippen LogP contribution in [0.1, 0.15) is 20.8 Å². The second-order valence-corrected chi connectivity index (χ2v) is 7.74. The van der Waals surface area contributed by atoms with Crippen LogP contribution in [-0.4, -0.2) is 64.3 Å². The Morgan fingerprint density at radius 2 is 1.88 bits per heavy atom. The number of carboxylic acids is 1. The fourth-order valence-electron chi connectivity index (χ4n) is 2.47. The van der Waals surface area contributed by atoms with Gasteiger partial charge in [-0.1, -0.05) is 12.1 Å². The van der Waals surface area contributed by atoms with E-state index in [1.807, 2.05) is 6.07 Å². The number of rotatable bonds is 2. The Morgan fingerprint density at radius 3 is 2.46 bits per heavy atom. The van der Waals surface area contributed by atoms with Gasteiger partial charge in [0.25, 0.3) is 0 Å². The molecule has 1 aliphatic rings. The van der Waals surface area contributed by atoms with E-state index in [0.29, 0.717) is 5.69 Å². The fourth-order valence-corrected chi connectivity index (χ4v) is 2.86. The zero-order chi connectivity index (χ0) is 19.5. The molecular weight excluding hydrogens is 406 g/mol. The van der Waals surface area contributed by atoms with Crippen molar-refractivity contribution in [3.8, 4) is 0 Å². The van der Waals surface area contributed by atoms with Gasteiger partial charge in [-0.15, -0.1) is 0 Å². The molecule has 3 amide bonds. The lowest BCUT2D eigenvalue weighted by Gasteiger charge is -2.39. The maximum Gasteiger partial charge on any atom is 0.411 e. The summed E-state index contributed by atoms with van der Waals surface area (Å²) in [5.74, 6) is -1.19. The number of halogens is 1. The van der Waals surface area contributed by atoms with Crippen LogP contribution in [0.2, 0.25) is 0 Å². The summed E-state index contributed by atoms with van der Waals surface area (Å²) in [6.45, 7) is 5.30. The molecule has 0 bridgehead atoms. The van der Waals surface area contributed by atoms with E-state index in [-0.39, 0.29) is 19.6 Å². The van der Waals surface area contributed by atoms with Gasteiger partial charge in [0.05, 0.1) is 12.2 Å². The van der Waals surface area contributed by atoms with E-state index in [1.54, 1.807) is 39.0 Å². The lowest BCUT2D eigenvalue weighted by Crippen LogP contribution is -2.60. The monoisotopic (exact) mass is 427 g/mol. The van der Waals surface area contributed by atoms with Gasteiger partial charge in [-0.3, -0.25) is 4.90 Å². The van der Waals surface area contributed by atoms with Crippen LogP contribution in [0.4, 0.5) is 15.3 Å². The molecule has 0 spiro atoms. The number of benzene rings is 1. The van der Waals surface area contributed by atoms with Crippen LogP contribution >= 0.6 is 15.9 Å². The number of aliphatic carboxylic acids is 1. The minimum atomic E-state index is -1.19. The Kier molecular flexibility index (Phi) is 6.12. The Bertz CT molecular complexity index is 704. The molecule has 142 valence electrons. The van der Waals surface area contributed by atoms with Gasteiger partial charge in [-0.25, -0.2) is 14.4 Å². The summed E-state index contributed by atoms with van der Waals surface area (Å²) in [4.78, 5) is 38.8.